The van der Waals surface area contributed by atoms with E-state index in [-0.39, 0.29) is 61.6 Å². The molecule has 24 nitrogen and oxygen atoms in total. The lowest BCUT2D eigenvalue weighted by atomic mass is 9.93. The van der Waals surface area contributed by atoms with Gasteiger partial charge in [0.25, 0.3) is 10.9 Å². The zero-order chi connectivity index (χ0) is 61.7. The smallest absolute Gasteiger partial charge is 0.253 e. The molecule has 8 amide bonds. The molecule has 4 saturated heterocycles. The number of amides is 8. The van der Waals surface area contributed by atoms with Crippen molar-refractivity contribution >= 4 is 58.6 Å². The number of carbonyl (C=O) groups is 8. The van der Waals surface area contributed by atoms with Crippen LogP contribution in [0.15, 0.2) is 76.4 Å². The summed E-state index contributed by atoms with van der Waals surface area (Å²) in [5.41, 5.74) is -0.183. The number of hydrogen-bond acceptors (Lipinski definition) is 16. The van der Waals surface area contributed by atoms with Gasteiger partial charge in [0.2, 0.25) is 47.3 Å². The SMILES string of the molecule is C=C(/C=C\C=C/C)[C@H](NC(=O)[C@@H]1CC[C@@H]2CC[C@H](CO)[C@H](NC(=O)[C@H](CC)NC)C(=O)N21)C(=O)NCCCCNc1c(NCCCCNC(=O)[C@@H](NC(=O)[C@@H]2CC[C@@H]3CC[C@H](CO)[C@H](NC(=O)[C@H](CC)NC)C(=O)N32)c2ccccc2)c(=O)c1=O. The highest BCUT2D eigenvalue weighted by Crippen LogP contribution is 2.36. The summed E-state index contributed by atoms with van der Waals surface area (Å²) < 4.78 is 0. The summed E-state index contributed by atoms with van der Waals surface area (Å²) in [5, 5.41) is 49.7. The molecule has 0 bridgehead atoms. The number of carbonyl (C=O) groups excluding carboxylic acids is 8. The van der Waals surface area contributed by atoms with Gasteiger partial charge in [-0.25, -0.2) is 0 Å². The number of nitrogens with one attached hydrogen (secondary N) is 10. The summed E-state index contributed by atoms with van der Waals surface area (Å²) in [6, 6.07) is 0.921. The molecule has 4 heterocycles. The van der Waals surface area contributed by atoms with E-state index >= 15 is 0 Å². The number of fused-ring (bicyclic) bond motifs is 2. The predicted octanol–water partition coefficient (Wildman–Crippen LogP) is 0.419. The van der Waals surface area contributed by atoms with Crippen LogP contribution in [0, 0.1) is 11.8 Å². The van der Waals surface area contributed by atoms with Crippen molar-refractivity contribution in [1.29, 1.82) is 0 Å². The fourth-order valence-electron chi connectivity index (χ4n) is 12.1. The number of allylic oxidation sites excluding steroid dienone is 3. The highest BCUT2D eigenvalue weighted by atomic mass is 16.3. The third-order valence-corrected chi connectivity index (χ3v) is 17.1. The molecule has 0 radical (unpaired) electrons. The molecule has 85 heavy (non-hydrogen) atoms. The van der Waals surface area contributed by atoms with Crippen molar-refractivity contribution in [3.63, 3.8) is 0 Å². The third kappa shape index (κ3) is 16.8. The maximum atomic E-state index is 14.2. The fraction of sp³-hybridized carbons (Fsp3) is 0.607. The van der Waals surface area contributed by atoms with Crippen LogP contribution in [0.3, 0.4) is 0 Å². The summed E-state index contributed by atoms with van der Waals surface area (Å²) in [4.78, 5) is 139. The van der Waals surface area contributed by atoms with Gasteiger partial charge >= 0.3 is 0 Å². The summed E-state index contributed by atoms with van der Waals surface area (Å²) >= 11 is 0. The molecular formula is C61H90N12O12. The molecule has 12 N–H and O–H groups in total. The van der Waals surface area contributed by atoms with Gasteiger partial charge in [-0.15, -0.1) is 0 Å². The van der Waals surface area contributed by atoms with Crippen LogP contribution in [0.25, 0.3) is 0 Å². The first kappa shape index (κ1) is 66.9. The first-order valence-electron chi connectivity index (χ1n) is 30.3. The number of likely N-dealkylation sites (N-methyl/N-ethyl adjacent to an activating group) is 2. The molecule has 12 atom stereocenters. The topological polar surface area (TPSA) is 338 Å². The average Bonchev–Trinajstić information content (AvgIpc) is 4.22. The maximum Gasteiger partial charge on any atom is 0.253 e. The van der Waals surface area contributed by atoms with Gasteiger partial charge in [-0.3, -0.25) is 47.9 Å². The summed E-state index contributed by atoms with van der Waals surface area (Å²) in [5.74, 6) is -4.75. The van der Waals surface area contributed by atoms with Crippen molar-refractivity contribution < 1.29 is 48.6 Å². The lowest BCUT2D eigenvalue weighted by molar-refractivity contribution is -0.144. The van der Waals surface area contributed by atoms with Gasteiger partial charge in [0.1, 0.15) is 47.6 Å². The molecule has 0 spiro atoms. The number of anilines is 2. The van der Waals surface area contributed by atoms with E-state index in [2.05, 4.69) is 59.7 Å². The number of aliphatic hydroxyl groups excluding tert-OH is 2. The Morgan fingerprint density at radius 1 is 0.600 bits per heavy atom. The maximum absolute atomic E-state index is 14.2. The van der Waals surface area contributed by atoms with Crippen molar-refractivity contribution in [2.45, 2.75) is 171 Å². The van der Waals surface area contributed by atoms with Crippen LogP contribution < -0.4 is 64.0 Å². The van der Waals surface area contributed by atoms with E-state index in [1.165, 1.54) is 9.80 Å². The highest BCUT2D eigenvalue weighted by molar-refractivity contribution is 5.98. The second kappa shape index (κ2) is 32.8. The largest absolute Gasteiger partial charge is 0.396 e. The number of rotatable bonds is 32. The number of unbranched alkanes of at least 4 members (excludes halogenated alkanes) is 2. The number of hydrogen-bond donors (Lipinski definition) is 12. The Balaban J connectivity index is 0.959. The van der Waals surface area contributed by atoms with Gasteiger partial charge in [0, 0.05) is 63.3 Å². The Hall–Kier alpha value is -7.28. The quantitative estimate of drug-likeness (QED) is 0.0268. The zero-order valence-corrected chi connectivity index (χ0v) is 49.8. The van der Waals surface area contributed by atoms with Crippen LogP contribution >= 0.6 is 0 Å². The summed E-state index contributed by atoms with van der Waals surface area (Å²) in [6.45, 7) is 9.97. The van der Waals surface area contributed by atoms with Crippen LogP contribution in [0.4, 0.5) is 11.4 Å². The van der Waals surface area contributed by atoms with E-state index in [1.54, 1.807) is 68.7 Å². The number of nitrogens with zero attached hydrogens (tertiary/aromatic N) is 2. The van der Waals surface area contributed by atoms with Gasteiger partial charge in [0.15, 0.2) is 0 Å². The average molecular weight is 1180 g/mol. The minimum absolute atomic E-state index is 0.152. The molecule has 4 aliphatic heterocycles. The Labute approximate surface area is 497 Å². The Morgan fingerprint density at radius 2 is 1.05 bits per heavy atom. The normalized spacial score (nSPS) is 23.7. The van der Waals surface area contributed by atoms with E-state index in [9.17, 15) is 58.2 Å². The Morgan fingerprint density at radius 3 is 1.49 bits per heavy atom. The molecule has 0 aromatic heterocycles. The monoisotopic (exact) mass is 1180 g/mol. The van der Waals surface area contributed by atoms with Gasteiger partial charge in [0.05, 0.1) is 12.1 Å². The lowest BCUT2D eigenvalue weighted by Crippen LogP contribution is -2.59. The van der Waals surface area contributed by atoms with Crippen molar-refractivity contribution in [2.75, 3.05) is 64.1 Å². The minimum Gasteiger partial charge on any atom is -0.396 e. The summed E-state index contributed by atoms with van der Waals surface area (Å²) in [6.07, 6.45) is 13.6. The van der Waals surface area contributed by atoms with Gasteiger partial charge in [-0.2, -0.15) is 0 Å². The van der Waals surface area contributed by atoms with E-state index < -0.39 is 106 Å². The fourth-order valence-corrected chi connectivity index (χ4v) is 12.1. The number of benzene rings is 1. The van der Waals surface area contributed by atoms with Crippen molar-refractivity contribution in [3.8, 4) is 0 Å². The van der Waals surface area contributed by atoms with Crippen molar-refractivity contribution in [1.82, 2.24) is 52.3 Å². The van der Waals surface area contributed by atoms with Crippen molar-refractivity contribution in [3.05, 3.63) is 92.8 Å². The van der Waals surface area contributed by atoms with E-state index in [0.717, 1.165) is 0 Å². The van der Waals surface area contributed by atoms with Gasteiger partial charge in [-0.05, 0) is 122 Å². The Bertz CT molecular complexity index is 2780. The molecule has 0 unspecified atom stereocenters. The van der Waals surface area contributed by atoms with E-state index in [0.29, 0.717) is 114 Å². The minimum atomic E-state index is -1.19. The first-order valence-corrected chi connectivity index (χ1v) is 30.3. The first-order chi connectivity index (χ1) is 41.0. The molecule has 466 valence electrons. The predicted molar refractivity (Wildman–Crippen MR) is 322 cm³/mol. The molecule has 6 rings (SSSR count). The summed E-state index contributed by atoms with van der Waals surface area (Å²) in [7, 11) is 3.30. The lowest BCUT2D eigenvalue weighted by Gasteiger charge is -2.33. The molecule has 0 saturated carbocycles. The van der Waals surface area contributed by atoms with E-state index in [4.69, 9.17) is 0 Å². The standard InChI is InChI=1S/C61H90N12O12/c1-7-10-12-19-36(4)46(68-56(80)44-28-26-40-24-22-38(34-74)48(60(84)72(40)44)70-54(78)42(8-2)62-5)58(82)66-32-17-15-30-64-50-51(53(77)52(50)76)65-31-16-18-33-67-59(83)47(37-20-13-11-14-21-37)69-57(81)45-29-27-41-25-23-39(35-75)49(61(85)73(41)45)71-55(79)43(9-3)63-6/h7,10-14,19-21,38-49,62-65,74-75H,4,8-9,15-18,22-35H2,1-3,5-6H3,(H,66,82)(H,67,83)(H,68,80)(H,69,81)(H,70,78)(H,71,79)/b10-7-,19-12-/t38-,39-,40+,41+,42+,43+,44+,45+,46+,47+,48+,49+/m1/s1. The molecule has 0 aliphatic carbocycles. The van der Waals surface area contributed by atoms with Crippen molar-refractivity contribution in [2.24, 2.45) is 11.8 Å². The Kier molecular flexibility index (Phi) is 25.8. The molecule has 2 aromatic rings. The van der Waals surface area contributed by atoms with Crippen LogP contribution in [0.1, 0.15) is 122 Å². The van der Waals surface area contributed by atoms with E-state index in [1.807, 2.05) is 20.8 Å². The van der Waals surface area contributed by atoms with Crippen LogP contribution in [-0.2, 0) is 38.4 Å². The molecular weight excluding hydrogens is 1090 g/mol. The number of aliphatic hydroxyl groups is 2. The van der Waals surface area contributed by atoms with Gasteiger partial charge in [-0.1, -0.05) is 75.1 Å². The molecule has 2 aromatic carbocycles. The third-order valence-electron chi connectivity index (χ3n) is 17.1. The van der Waals surface area contributed by atoms with Gasteiger partial charge < -0.3 is 73.2 Å². The highest BCUT2D eigenvalue weighted by Gasteiger charge is 2.50. The second-order valence-electron chi connectivity index (χ2n) is 22.5. The molecule has 24 heteroatoms. The molecule has 4 fully saturated rings. The van der Waals surface area contributed by atoms with Crippen LogP contribution in [0.2, 0.25) is 0 Å². The molecule has 4 aliphatic rings. The second-order valence-corrected chi connectivity index (χ2v) is 22.5. The van der Waals surface area contributed by atoms with Crippen LogP contribution in [0.5, 0.6) is 0 Å². The van der Waals surface area contributed by atoms with Crippen LogP contribution in [-0.4, -0.2) is 175 Å². The zero-order valence-electron chi connectivity index (χ0n) is 49.8.